The van der Waals surface area contributed by atoms with E-state index in [1.54, 1.807) is 42.5 Å². The van der Waals surface area contributed by atoms with E-state index in [2.05, 4.69) is 10.6 Å². The van der Waals surface area contributed by atoms with E-state index in [9.17, 15) is 9.59 Å². The molecule has 2 N–H and O–H groups in total. The zero-order valence-corrected chi connectivity index (χ0v) is 16.1. The highest BCUT2D eigenvalue weighted by molar-refractivity contribution is 6.31. The third kappa shape index (κ3) is 4.15. The smallest absolute Gasteiger partial charge is 0.293 e. The molecule has 1 amide bonds. The molecule has 1 heterocycles. The number of benzene rings is 3. The first-order valence-corrected chi connectivity index (χ1v) is 9.40. The number of Topliss-reactive ketones (excluding diaryl/α,β-unsaturated/α-hetero) is 1. The molecule has 0 saturated carbocycles. The van der Waals surface area contributed by atoms with Crippen molar-refractivity contribution in [2.24, 2.45) is 0 Å². The maximum Gasteiger partial charge on any atom is 0.293 e. The SMILES string of the molecule is O=C(CNc1c(C(=O)Nc2cccc(Cl)c2)oc2ccccc12)c1ccccc1. The van der Waals surface area contributed by atoms with Crippen molar-refractivity contribution < 1.29 is 14.0 Å². The van der Waals surface area contributed by atoms with Gasteiger partial charge in [0, 0.05) is 21.7 Å². The Kier molecular flexibility index (Phi) is 5.31. The Morgan fingerprint density at radius 3 is 2.45 bits per heavy atom. The lowest BCUT2D eigenvalue weighted by atomic mass is 10.1. The number of amides is 1. The molecule has 5 nitrogen and oxygen atoms in total. The molecule has 0 aliphatic carbocycles. The van der Waals surface area contributed by atoms with Crippen LogP contribution in [0, 0.1) is 0 Å². The number of fused-ring (bicyclic) bond motifs is 1. The second-order valence-electron chi connectivity index (χ2n) is 6.41. The Morgan fingerprint density at radius 1 is 0.897 bits per heavy atom. The number of para-hydroxylation sites is 1. The predicted octanol–water partition coefficient (Wildman–Crippen LogP) is 5.63. The number of rotatable bonds is 6. The van der Waals surface area contributed by atoms with Gasteiger partial charge in [-0.05, 0) is 30.3 Å². The summed E-state index contributed by atoms with van der Waals surface area (Å²) in [4.78, 5) is 25.3. The summed E-state index contributed by atoms with van der Waals surface area (Å²) in [6, 6.07) is 23.1. The highest BCUT2D eigenvalue weighted by Gasteiger charge is 2.21. The molecule has 0 unspecified atom stereocenters. The molecule has 0 aliphatic rings. The van der Waals surface area contributed by atoms with E-state index in [1.165, 1.54) is 0 Å². The molecule has 0 atom stereocenters. The monoisotopic (exact) mass is 404 g/mol. The van der Waals surface area contributed by atoms with Gasteiger partial charge >= 0.3 is 0 Å². The van der Waals surface area contributed by atoms with Gasteiger partial charge in [-0.25, -0.2) is 0 Å². The van der Waals surface area contributed by atoms with E-state index >= 15 is 0 Å². The van der Waals surface area contributed by atoms with Crippen LogP contribution in [0.25, 0.3) is 11.0 Å². The van der Waals surface area contributed by atoms with Gasteiger partial charge in [0.25, 0.3) is 5.91 Å². The summed E-state index contributed by atoms with van der Waals surface area (Å²) < 4.78 is 5.78. The van der Waals surface area contributed by atoms with Gasteiger partial charge in [-0.2, -0.15) is 0 Å². The van der Waals surface area contributed by atoms with E-state index in [0.717, 1.165) is 5.39 Å². The van der Waals surface area contributed by atoms with E-state index in [-0.39, 0.29) is 18.1 Å². The van der Waals surface area contributed by atoms with Crippen molar-refractivity contribution in [3.8, 4) is 0 Å². The van der Waals surface area contributed by atoms with Gasteiger partial charge in [0.1, 0.15) is 5.58 Å². The molecule has 3 aromatic carbocycles. The molecule has 0 bridgehead atoms. The molecule has 4 rings (SSSR count). The Labute approximate surface area is 172 Å². The molecule has 0 saturated heterocycles. The standard InChI is InChI=1S/C23H17ClN2O3/c24-16-9-6-10-17(13-16)26-23(28)22-21(18-11-4-5-12-20(18)29-22)25-14-19(27)15-7-2-1-3-8-15/h1-13,25H,14H2,(H,26,28). The largest absolute Gasteiger partial charge is 0.449 e. The van der Waals surface area contributed by atoms with Crippen molar-refractivity contribution in [1.29, 1.82) is 0 Å². The minimum Gasteiger partial charge on any atom is -0.449 e. The summed E-state index contributed by atoms with van der Waals surface area (Å²) in [5.41, 5.74) is 2.18. The highest BCUT2D eigenvalue weighted by atomic mass is 35.5. The van der Waals surface area contributed by atoms with Crippen LogP contribution in [0.2, 0.25) is 5.02 Å². The first-order valence-electron chi connectivity index (χ1n) is 9.02. The number of furan rings is 1. The second-order valence-corrected chi connectivity index (χ2v) is 6.85. The van der Waals surface area contributed by atoms with Crippen molar-refractivity contribution in [3.05, 3.63) is 95.2 Å². The van der Waals surface area contributed by atoms with Gasteiger partial charge in [-0.1, -0.05) is 60.1 Å². The fourth-order valence-electron chi connectivity index (χ4n) is 3.03. The van der Waals surface area contributed by atoms with Crippen LogP contribution < -0.4 is 10.6 Å². The number of carbonyl (C=O) groups excluding carboxylic acids is 2. The van der Waals surface area contributed by atoms with Crippen LogP contribution in [0.5, 0.6) is 0 Å². The lowest BCUT2D eigenvalue weighted by Gasteiger charge is -2.08. The number of ketones is 1. The number of nitrogens with one attached hydrogen (secondary N) is 2. The predicted molar refractivity (Wildman–Crippen MR) is 115 cm³/mol. The summed E-state index contributed by atoms with van der Waals surface area (Å²) in [6.45, 7) is 0.0327. The van der Waals surface area contributed by atoms with E-state index in [4.69, 9.17) is 16.0 Å². The van der Waals surface area contributed by atoms with Crippen molar-refractivity contribution in [3.63, 3.8) is 0 Å². The summed E-state index contributed by atoms with van der Waals surface area (Å²) in [5.74, 6) is -0.415. The van der Waals surface area contributed by atoms with Gasteiger partial charge in [0.05, 0.1) is 12.2 Å². The minimum absolute atomic E-state index is 0.0327. The van der Waals surface area contributed by atoms with Crippen molar-refractivity contribution in [2.75, 3.05) is 17.2 Å². The zero-order chi connectivity index (χ0) is 20.2. The zero-order valence-electron chi connectivity index (χ0n) is 15.3. The number of carbonyl (C=O) groups is 2. The number of hydrogen-bond acceptors (Lipinski definition) is 4. The molecular formula is C23H17ClN2O3. The average Bonchev–Trinajstić information content (AvgIpc) is 3.11. The molecule has 0 fully saturated rings. The molecule has 0 radical (unpaired) electrons. The number of halogens is 1. The molecule has 4 aromatic rings. The molecule has 6 heteroatoms. The van der Waals surface area contributed by atoms with Crippen LogP contribution in [0.3, 0.4) is 0 Å². The summed E-state index contributed by atoms with van der Waals surface area (Å²) >= 11 is 5.99. The Balaban J connectivity index is 1.62. The van der Waals surface area contributed by atoms with Crippen LogP contribution in [0.4, 0.5) is 11.4 Å². The lowest BCUT2D eigenvalue weighted by molar-refractivity contribution is 0.0991. The average molecular weight is 405 g/mol. The van der Waals surface area contributed by atoms with Gasteiger partial charge < -0.3 is 15.1 Å². The molecule has 29 heavy (non-hydrogen) atoms. The first-order chi connectivity index (χ1) is 14.1. The third-order valence-corrected chi connectivity index (χ3v) is 4.64. The second kappa shape index (κ2) is 8.20. The number of hydrogen-bond donors (Lipinski definition) is 2. The molecule has 0 spiro atoms. The van der Waals surface area contributed by atoms with Gasteiger partial charge in [0.2, 0.25) is 5.76 Å². The van der Waals surface area contributed by atoms with Crippen molar-refractivity contribution >= 4 is 45.6 Å². The fraction of sp³-hybridized carbons (Fsp3) is 0.0435. The maximum absolute atomic E-state index is 12.9. The summed E-state index contributed by atoms with van der Waals surface area (Å²) in [7, 11) is 0. The molecule has 0 aliphatic heterocycles. The minimum atomic E-state index is -0.432. The van der Waals surface area contributed by atoms with Crippen molar-refractivity contribution in [1.82, 2.24) is 0 Å². The van der Waals surface area contributed by atoms with Crippen LogP contribution in [-0.2, 0) is 0 Å². The third-order valence-electron chi connectivity index (χ3n) is 4.41. The topological polar surface area (TPSA) is 71.3 Å². The van der Waals surface area contributed by atoms with E-state index < -0.39 is 5.91 Å². The van der Waals surface area contributed by atoms with Crippen molar-refractivity contribution in [2.45, 2.75) is 0 Å². The van der Waals surface area contributed by atoms with E-state index in [1.807, 2.05) is 36.4 Å². The fourth-order valence-corrected chi connectivity index (χ4v) is 3.22. The quantitative estimate of drug-likeness (QED) is 0.408. The molecule has 144 valence electrons. The normalized spacial score (nSPS) is 10.7. The molecule has 1 aromatic heterocycles. The van der Waals surface area contributed by atoms with Gasteiger partial charge in [-0.3, -0.25) is 9.59 Å². The summed E-state index contributed by atoms with van der Waals surface area (Å²) in [5, 5.41) is 7.10. The Bertz CT molecular complexity index is 1190. The van der Waals surface area contributed by atoms with Gasteiger partial charge in [-0.15, -0.1) is 0 Å². The van der Waals surface area contributed by atoms with Gasteiger partial charge in [0.15, 0.2) is 5.78 Å². The lowest BCUT2D eigenvalue weighted by Crippen LogP contribution is -2.17. The number of anilines is 2. The molecular weight excluding hydrogens is 388 g/mol. The van der Waals surface area contributed by atoms with Crippen LogP contribution >= 0.6 is 11.6 Å². The first kappa shape index (κ1) is 18.8. The Morgan fingerprint density at radius 2 is 1.66 bits per heavy atom. The van der Waals surface area contributed by atoms with Crippen LogP contribution in [0.15, 0.2) is 83.3 Å². The Hall–Kier alpha value is -3.57. The summed E-state index contributed by atoms with van der Waals surface area (Å²) in [6.07, 6.45) is 0. The maximum atomic E-state index is 12.9. The van der Waals surface area contributed by atoms with Crippen LogP contribution in [-0.4, -0.2) is 18.2 Å². The van der Waals surface area contributed by atoms with Crippen LogP contribution in [0.1, 0.15) is 20.9 Å². The highest BCUT2D eigenvalue weighted by Crippen LogP contribution is 2.31. The van der Waals surface area contributed by atoms with E-state index in [0.29, 0.717) is 27.5 Å².